The summed E-state index contributed by atoms with van der Waals surface area (Å²) in [6.45, 7) is 1.61. The Morgan fingerprint density at radius 2 is 1.64 bits per heavy atom. The fraction of sp³-hybridized carbons (Fsp3) is 0.150. The lowest BCUT2D eigenvalue weighted by molar-refractivity contribution is -0.136. The van der Waals surface area contributed by atoms with Gasteiger partial charge in [0, 0.05) is 18.8 Å². The molecule has 1 aromatic heterocycles. The average molecular weight is 386 g/mol. The van der Waals surface area contributed by atoms with Gasteiger partial charge in [0.05, 0.1) is 11.3 Å². The van der Waals surface area contributed by atoms with Gasteiger partial charge in [-0.25, -0.2) is 9.97 Å². The fourth-order valence-corrected chi connectivity index (χ4v) is 2.65. The van der Waals surface area contributed by atoms with Crippen LogP contribution >= 0.6 is 0 Å². The summed E-state index contributed by atoms with van der Waals surface area (Å²) >= 11 is 0. The van der Waals surface area contributed by atoms with E-state index in [0.29, 0.717) is 11.6 Å². The van der Waals surface area contributed by atoms with E-state index in [9.17, 15) is 18.0 Å². The minimum absolute atomic E-state index is 0.0257. The van der Waals surface area contributed by atoms with Crippen LogP contribution in [0.15, 0.2) is 60.7 Å². The minimum atomic E-state index is -4.58. The van der Waals surface area contributed by atoms with Crippen LogP contribution in [0.25, 0.3) is 0 Å². The van der Waals surface area contributed by atoms with Crippen molar-refractivity contribution in [1.82, 2.24) is 9.97 Å². The monoisotopic (exact) mass is 386 g/mol. The number of benzene rings is 2. The van der Waals surface area contributed by atoms with Crippen LogP contribution < -0.4 is 10.2 Å². The lowest BCUT2D eigenvalue weighted by Gasteiger charge is -2.19. The van der Waals surface area contributed by atoms with Crippen molar-refractivity contribution in [2.45, 2.75) is 13.1 Å². The number of nitrogens with one attached hydrogen (secondary N) is 1. The highest BCUT2D eigenvalue weighted by Gasteiger charge is 2.33. The molecule has 0 saturated heterocycles. The predicted molar refractivity (Wildman–Crippen MR) is 101 cm³/mol. The molecule has 1 amide bonds. The smallest absolute Gasteiger partial charge is 0.329 e. The second-order valence-corrected chi connectivity index (χ2v) is 6.05. The second-order valence-electron chi connectivity index (χ2n) is 6.05. The summed E-state index contributed by atoms with van der Waals surface area (Å²) in [7, 11) is 1.78. The van der Waals surface area contributed by atoms with E-state index in [-0.39, 0.29) is 11.4 Å². The number of anilines is 3. The van der Waals surface area contributed by atoms with Crippen LogP contribution in [0.1, 0.15) is 21.9 Å². The van der Waals surface area contributed by atoms with Crippen LogP contribution in [0, 0.1) is 6.92 Å². The Balaban J connectivity index is 1.91. The third-order valence-corrected chi connectivity index (χ3v) is 4.02. The van der Waals surface area contributed by atoms with Crippen molar-refractivity contribution >= 4 is 23.1 Å². The fourth-order valence-electron chi connectivity index (χ4n) is 2.65. The molecule has 2 aromatic carbocycles. The molecule has 0 aliphatic heterocycles. The average Bonchev–Trinajstić information content (AvgIpc) is 2.67. The van der Waals surface area contributed by atoms with E-state index in [4.69, 9.17) is 0 Å². The molecule has 0 bridgehead atoms. The molecule has 3 aromatic rings. The number of rotatable bonds is 4. The van der Waals surface area contributed by atoms with E-state index in [1.54, 1.807) is 18.9 Å². The first-order valence-corrected chi connectivity index (χ1v) is 8.38. The molecule has 0 aliphatic carbocycles. The number of halogens is 3. The topological polar surface area (TPSA) is 58.1 Å². The highest BCUT2D eigenvalue weighted by Crippen LogP contribution is 2.34. The maximum atomic E-state index is 13.1. The molecule has 28 heavy (non-hydrogen) atoms. The normalized spacial score (nSPS) is 11.2. The van der Waals surface area contributed by atoms with E-state index in [2.05, 4.69) is 15.3 Å². The molecule has 0 spiro atoms. The molecule has 3 rings (SSSR count). The Labute approximate surface area is 159 Å². The molecule has 0 unspecified atom stereocenters. The highest BCUT2D eigenvalue weighted by atomic mass is 19.4. The van der Waals surface area contributed by atoms with Crippen molar-refractivity contribution in [3.63, 3.8) is 0 Å². The van der Waals surface area contributed by atoms with Crippen LogP contribution in [-0.4, -0.2) is 22.9 Å². The van der Waals surface area contributed by atoms with Gasteiger partial charge in [-0.1, -0.05) is 30.3 Å². The molecular weight excluding hydrogens is 369 g/mol. The lowest BCUT2D eigenvalue weighted by atomic mass is 10.1. The molecule has 0 saturated carbocycles. The number of amides is 1. The van der Waals surface area contributed by atoms with Gasteiger partial charge in [-0.15, -0.1) is 0 Å². The van der Waals surface area contributed by atoms with Gasteiger partial charge in [0.25, 0.3) is 5.91 Å². The Kier molecular flexibility index (Phi) is 5.30. The number of aryl methyl sites for hydroxylation is 1. The van der Waals surface area contributed by atoms with Crippen LogP contribution in [0.3, 0.4) is 0 Å². The lowest BCUT2D eigenvalue weighted by Crippen LogP contribution is -2.20. The summed E-state index contributed by atoms with van der Waals surface area (Å²) in [4.78, 5) is 22.7. The summed E-state index contributed by atoms with van der Waals surface area (Å²) in [5.41, 5.74) is -0.429. The van der Waals surface area contributed by atoms with Gasteiger partial charge in [0.1, 0.15) is 17.3 Å². The minimum Gasteiger partial charge on any atom is -0.329 e. The summed E-state index contributed by atoms with van der Waals surface area (Å²) < 4.78 is 39.4. The Morgan fingerprint density at radius 3 is 2.32 bits per heavy atom. The van der Waals surface area contributed by atoms with Gasteiger partial charge in [-0.2, -0.15) is 13.2 Å². The number of alkyl halides is 3. The van der Waals surface area contributed by atoms with Crippen molar-refractivity contribution in [2.75, 3.05) is 17.3 Å². The molecule has 0 atom stereocenters. The molecule has 0 aliphatic rings. The Morgan fingerprint density at radius 1 is 1.00 bits per heavy atom. The number of nitrogens with zero attached hydrogens (tertiary/aromatic N) is 3. The first kappa shape index (κ1) is 19.3. The van der Waals surface area contributed by atoms with Gasteiger partial charge in [0.2, 0.25) is 0 Å². The molecule has 1 heterocycles. The second kappa shape index (κ2) is 7.67. The van der Waals surface area contributed by atoms with Gasteiger partial charge in [0.15, 0.2) is 0 Å². The largest absolute Gasteiger partial charge is 0.418 e. The number of hydrogen-bond acceptors (Lipinski definition) is 4. The van der Waals surface area contributed by atoms with Crippen LogP contribution in [0.2, 0.25) is 0 Å². The van der Waals surface area contributed by atoms with Gasteiger partial charge < -0.3 is 10.2 Å². The standard InChI is InChI=1S/C20H17F3N4O/c1-13-24-17(12-18(25-13)27(2)14-8-4-3-5-9-14)19(28)26-16-11-7-6-10-15(16)20(21,22)23/h3-12H,1-2H3,(H,26,28). The van der Waals surface area contributed by atoms with Gasteiger partial charge in [-0.3, -0.25) is 4.79 Å². The Hall–Kier alpha value is -3.42. The zero-order valence-corrected chi connectivity index (χ0v) is 15.2. The van der Waals surface area contributed by atoms with Gasteiger partial charge >= 0.3 is 6.18 Å². The van der Waals surface area contributed by atoms with E-state index in [1.165, 1.54) is 24.3 Å². The zero-order chi connectivity index (χ0) is 20.3. The maximum absolute atomic E-state index is 13.1. The van der Waals surface area contributed by atoms with Crippen LogP contribution in [0.4, 0.5) is 30.4 Å². The maximum Gasteiger partial charge on any atom is 0.418 e. The Bertz CT molecular complexity index is 990. The number of aromatic nitrogens is 2. The van der Waals surface area contributed by atoms with Crippen LogP contribution in [-0.2, 0) is 6.18 Å². The molecule has 144 valence electrons. The first-order valence-electron chi connectivity index (χ1n) is 8.38. The molecular formula is C20H17F3N4O. The molecule has 0 fully saturated rings. The van der Waals surface area contributed by atoms with E-state index < -0.39 is 17.6 Å². The quantitative estimate of drug-likeness (QED) is 0.698. The third-order valence-electron chi connectivity index (χ3n) is 4.02. The number of hydrogen-bond donors (Lipinski definition) is 1. The SMILES string of the molecule is Cc1nc(C(=O)Nc2ccccc2C(F)(F)F)cc(N(C)c2ccccc2)n1. The van der Waals surface area contributed by atoms with Crippen molar-refractivity contribution < 1.29 is 18.0 Å². The number of para-hydroxylation sites is 2. The third kappa shape index (κ3) is 4.28. The summed E-state index contributed by atoms with van der Waals surface area (Å²) in [6, 6.07) is 15.6. The highest BCUT2D eigenvalue weighted by molar-refractivity contribution is 6.03. The summed E-state index contributed by atoms with van der Waals surface area (Å²) in [6.07, 6.45) is -4.58. The molecule has 0 radical (unpaired) electrons. The molecule has 1 N–H and O–H groups in total. The number of carbonyl (C=O) groups excluding carboxylic acids is 1. The first-order chi connectivity index (χ1) is 13.3. The van der Waals surface area contributed by atoms with Crippen molar-refractivity contribution in [3.05, 3.63) is 77.7 Å². The van der Waals surface area contributed by atoms with Crippen LogP contribution in [0.5, 0.6) is 0 Å². The molecule has 5 nitrogen and oxygen atoms in total. The van der Waals surface area contributed by atoms with Crippen molar-refractivity contribution in [2.24, 2.45) is 0 Å². The van der Waals surface area contributed by atoms with Crippen molar-refractivity contribution in [1.29, 1.82) is 0 Å². The summed E-state index contributed by atoms with van der Waals surface area (Å²) in [5, 5.41) is 2.30. The predicted octanol–water partition coefficient (Wildman–Crippen LogP) is 4.82. The molecule has 8 heteroatoms. The van der Waals surface area contributed by atoms with E-state index in [1.807, 2.05) is 30.3 Å². The van der Waals surface area contributed by atoms with E-state index in [0.717, 1.165) is 11.8 Å². The van der Waals surface area contributed by atoms with Crippen molar-refractivity contribution in [3.8, 4) is 0 Å². The van der Waals surface area contributed by atoms with Gasteiger partial charge in [-0.05, 0) is 31.2 Å². The zero-order valence-electron chi connectivity index (χ0n) is 15.2. The number of carbonyl (C=O) groups is 1. The summed E-state index contributed by atoms with van der Waals surface area (Å²) in [5.74, 6) is 0.0346. The van der Waals surface area contributed by atoms with E-state index >= 15 is 0 Å².